The number of para-hydroxylation sites is 1. The van der Waals surface area contributed by atoms with Crippen LogP contribution in [0.15, 0.2) is 36.4 Å². The first-order valence-corrected chi connectivity index (χ1v) is 7.55. The first kappa shape index (κ1) is 14.7. The van der Waals surface area contributed by atoms with Gasteiger partial charge in [-0.3, -0.25) is 4.79 Å². The molecule has 2 aromatic rings. The van der Waals surface area contributed by atoms with Crippen LogP contribution in [0.2, 0.25) is 0 Å². The van der Waals surface area contributed by atoms with E-state index in [-0.39, 0.29) is 14.1 Å². The molecular weight excluding hydrogens is 267 g/mol. The summed E-state index contributed by atoms with van der Waals surface area (Å²) in [6.07, 6.45) is 0. The topological polar surface area (TPSA) is 26.3 Å². The molecule has 0 aliphatic carbocycles. The number of benzene rings is 2. The van der Waals surface area contributed by atoms with Gasteiger partial charge in [0.25, 0.3) is 0 Å². The molecule has 0 saturated carbocycles. The molecule has 2 nitrogen and oxygen atoms in total. The van der Waals surface area contributed by atoms with E-state index in [1.807, 2.05) is 38.1 Å². The first-order chi connectivity index (χ1) is 9.52. The van der Waals surface area contributed by atoms with Gasteiger partial charge in [-0.25, -0.2) is 0 Å². The van der Waals surface area contributed by atoms with Crippen molar-refractivity contribution in [1.29, 1.82) is 0 Å². The molecule has 0 heterocycles. The van der Waals surface area contributed by atoms with E-state index in [2.05, 4.69) is 19.1 Å². The lowest BCUT2D eigenvalue weighted by Gasteiger charge is -2.12. The lowest BCUT2D eigenvalue weighted by atomic mass is 10.0. The Morgan fingerprint density at radius 3 is 2.25 bits per heavy atom. The number of methoxy groups -OCH3 is 1. The molecule has 0 aliphatic heterocycles. The summed E-state index contributed by atoms with van der Waals surface area (Å²) in [6, 6.07) is 11.8. The molecule has 20 heavy (non-hydrogen) atoms. The molecule has 2 aromatic carbocycles. The molecule has 0 spiro atoms. The zero-order chi connectivity index (χ0) is 14.7. The summed E-state index contributed by atoms with van der Waals surface area (Å²) in [6.45, 7) is 6.05. The third kappa shape index (κ3) is 3.08. The van der Waals surface area contributed by atoms with Gasteiger partial charge in [-0.15, -0.1) is 0 Å². The van der Waals surface area contributed by atoms with Crippen molar-refractivity contribution in [3.63, 3.8) is 0 Å². The minimum Gasteiger partial charge on any atom is -0.496 e. The molecule has 0 aromatic heterocycles. The van der Waals surface area contributed by atoms with Gasteiger partial charge in [-0.1, -0.05) is 35.9 Å². The van der Waals surface area contributed by atoms with Crippen molar-refractivity contribution in [2.75, 3.05) is 7.11 Å². The maximum absolute atomic E-state index is 12.6. The summed E-state index contributed by atoms with van der Waals surface area (Å²) in [5.41, 5.74) is 4.31. The maximum atomic E-state index is 12.6. The smallest absolute Gasteiger partial charge is 0.186 e. The molecule has 1 unspecified atom stereocenters. The Kier molecular flexibility index (Phi) is 4.57. The van der Waals surface area contributed by atoms with Crippen LogP contribution >= 0.6 is 8.58 Å². The standard InChI is InChI=1S/C17H19O2P/c1-11-9-12(2)16(13(3)10-11)17(18)20-15-8-6-5-7-14(15)19-4/h5-10,20H,1-4H3. The number of hydrogen-bond acceptors (Lipinski definition) is 2. The third-order valence-electron chi connectivity index (χ3n) is 3.26. The highest BCUT2D eigenvalue weighted by molar-refractivity contribution is 7.66. The van der Waals surface area contributed by atoms with E-state index in [1.165, 1.54) is 5.56 Å². The third-order valence-corrected chi connectivity index (χ3v) is 4.42. The zero-order valence-electron chi connectivity index (χ0n) is 12.3. The van der Waals surface area contributed by atoms with Crippen LogP contribution in [0, 0.1) is 20.8 Å². The highest BCUT2D eigenvalue weighted by Gasteiger charge is 2.15. The fourth-order valence-corrected chi connectivity index (χ4v) is 3.72. The fourth-order valence-electron chi connectivity index (χ4n) is 2.47. The molecule has 104 valence electrons. The van der Waals surface area contributed by atoms with Crippen LogP contribution in [0.1, 0.15) is 27.0 Å². The number of hydrogen-bond donors (Lipinski definition) is 0. The second kappa shape index (κ2) is 6.19. The van der Waals surface area contributed by atoms with Crippen LogP contribution in [0.5, 0.6) is 5.75 Å². The van der Waals surface area contributed by atoms with Crippen molar-refractivity contribution < 1.29 is 9.53 Å². The van der Waals surface area contributed by atoms with E-state index in [0.29, 0.717) is 0 Å². The van der Waals surface area contributed by atoms with E-state index in [0.717, 1.165) is 27.7 Å². The van der Waals surface area contributed by atoms with Crippen molar-refractivity contribution in [2.24, 2.45) is 0 Å². The molecular formula is C17H19O2P. The van der Waals surface area contributed by atoms with Crippen LogP contribution in [-0.4, -0.2) is 12.6 Å². The van der Waals surface area contributed by atoms with E-state index in [1.54, 1.807) is 7.11 Å². The molecule has 0 saturated heterocycles. The Bertz CT molecular complexity index is 624. The first-order valence-electron chi connectivity index (χ1n) is 6.55. The second-order valence-corrected chi connectivity index (χ2v) is 6.17. The molecule has 1 atom stereocenters. The van der Waals surface area contributed by atoms with Crippen molar-refractivity contribution >= 4 is 19.4 Å². The summed E-state index contributed by atoms with van der Waals surface area (Å²) in [4.78, 5) is 12.6. The second-order valence-electron chi connectivity index (χ2n) is 4.93. The average molecular weight is 286 g/mol. The van der Waals surface area contributed by atoms with Crippen LogP contribution in [0.3, 0.4) is 0 Å². The van der Waals surface area contributed by atoms with E-state index in [9.17, 15) is 4.79 Å². The zero-order valence-corrected chi connectivity index (χ0v) is 13.3. The van der Waals surface area contributed by atoms with Crippen LogP contribution in [-0.2, 0) is 0 Å². The molecule has 0 amide bonds. The number of rotatable bonds is 4. The summed E-state index contributed by atoms with van der Waals surface area (Å²) < 4.78 is 5.32. The predicted molar refractivity (Wildman–Crippen MR) is 85.9 cm³/mol. The Labute approximate surface area is 122 Å². The highest BCUT2D eigenvalue weighted by Crippen LogP contribution is 2.27. The van der Waals surface area contributed by atoms with Crippen LogP contribution in [0.25, 0.3) is 0 Å². The van der Waals surface area contributed by atoms with Crippen LogP contribution in [0.4, 0.5) is 0 Å². The number of carbonyl (C=O) groups excluding carboxylic acids is 1. The Hall–Kier alpha value is -1.66. The van der Waals surface area contributed by atoms with Gasteiger partial charge in [0.15, 0.2) is 5.52 Å². The minimum atomic E-state index is 0.0870. The monoisotopic (exact) mass is 286 g/mol. The minimum absolute atomic E-state index is 0.0870. The quantitative estimate of drug-likeness (QED) is 0.800. The highest BCUT2D eigenvalue weighted by atomic mass is 31.1. The Morgan fingerprint density at radius 2 is 1.65 bits per heavy atom. The molecule has 2 rings (SSSR count). The Balaban J connectivity index is 2.34. The van der Waals surface area contributed by atoms with Gasteiger partial charge in [0, 0.05) is 10.9 Å². The molecule has 0 N–H and O–H groups in total. The SMILES string of the molecule is COc1ccccc1PC(=O)c1c(C)cc(C)cc1C. The van der Waals surface area contributed by atoms with Gasteiger partial charge in [0.2, 0.25) is 0 Å². The summed E-state index contributed by atoms with van der Waals surface area (Å²) >= 11 is 0. The van der Waals surface area contributed by atoms with Crippen molar-refractivity contribution in [3.05, 3.63) is 58.7 Å². The molecule has 0 aliphatic rings. The number of aryl methyl sites for hydroxylation is 3. The summed E-state index contributed by atoms with van der Waals surface area (Å²) in [5.74, 6) is 0.779. The normalized spacial score (nSPS) is 11.0. The van der Waals surface area contributed by atoms with Gasteiger partial charge >= 0.3 is 0 Å². The lowest BCUT2D eigenvalue weighted by Crippen LogP contribution is -2.07. The summed E-state index contributed by atoms with van der Waals surface area (Å²) in [7, 11) is 1.72. The van der Waals surface area contributed by atoms with Gasteiger partial charge in [-0.05, 0) is 46.5 Å². The summed E-state index contributed by atoms with van der Waals surface area (Å²) in [5, 5.41) is 0.958. The van der Waals surface area contributed by atoms with Gasteiger partial charge < -0.3 is 4.74 Å². The van der Waals surface area contributed by atoms with E-state index >= 15 is 0 Å². The molecule has 0 radical (unpaired) electrons. The largest absolute Gasteiger partial charge is 0.496 e. The van der Waals surface area contributed by atoms with E-state index < -0.39 is 0 Å². The lowest BCUT2D eigenvalue weighted by molar-refractivity contribution is 0.108. The van der Waals surface area contributed by atoms with Gasteiger partial charge in [0.05, 0.1) is 7.11 Å². The van der Waals surface area contributed by atoms with Crippen molar-refractivity contribution in [1.82, 2.24) is 0 Å². The Morgan fingerprint density at radius 1 is 1.05 bits per heavy atom. The average Bonchev–Trinajstić information content (AvgIpc) is 2.38. The molecule has 0 bridgehead atoms. The predicted octanol–water partition coefficient (Wildman–Crippen LogP) is 3.76. The molecule has 3 heteroatoms. The van der Waals surface area contributed by atoms with Crippen LogP contribution < -0.4 is 10.0 Å². The van der Waals surface area contributed by atoms with E-state index in [4.69, 9.17) is 4.74 Å². The maximum Gasteiger partial charge on any atom is 0.186 e. The number of ether oxygens (including phenoxy) is 1. The fraction of sp³-hybridized carbons (Fsp3) is 0.235. The van der Waals surface area contributed by atoms with Gasteiger partial charge in [-0.2, -0.15) is 0 Å². The van der Waals surface area contributed by atoms with Crippen molar-refractivity contribution in [2.45, 2.75) is 20.8 Å². The van der Waals surface area contributed by atoms with Crippen molar-refractivity contribution in [3.8, 4) is 5.75 Å². The number of carbonyl (C=O) groups is 1. The van der Waals surface area contributed by atoms with Gasteiger partial charge in [0.1, 0.15) is 5.75 Å². The molecule has 0 fully saturated rings.